The second-order valence-corrected chi connectivity index (χ2v) is 9.34. The number of hydrogen-bond donors (Lipinski definition) is 1. The lowest BCUT2D eigenvalue weighted by molar-refractivity contribution is -0.120. The van der Waals surface area contributed by atoms with E-state index < -0.39 is 10.0 Å². The Labute approximate surface area is 172 Å². The second-order valence-electron chi connectivity index (χ2n) is 7.03. The molecule has 2 aromatic rings. The molecule has 0 saturated heterocycles. The summed E-state index contributed by atoms with van der Waals surface area (Å²) in [6.07, 6.45) is 1.78. The Morgan fingerprint density at radius 2 is 1.82 bits per heavy atom. The van der Waals surface area contributed by atoms with E-state index in [0.29, 0.717) is 22.7 Å². The molecule has 0 unspecified atom stereocenters. The predicted molar refractivity (Wildman–Crippen MR) is 115 cm³/mol. The number of benzene rings is 2. The minimum absolute atomic E-state index is 0.186. The molecule has 7 heteroatoms. The van der Waals surface area contributed by atoms with Crippen molar-refractivity contribution in [3.8, 4) is 0 Å². The summed E-state index contributed by atoms with van der Waals surface area (Å²) in [7, 11) is -3.66. The minimum atomic E-state index is -3.66. The molecule has 0 heterocycles. The van der Waals surface area contributed by atoms with Crippen molar-refractivity contribution in [2.24, 2.45) is 0 Å². The Balaban J connectivity index is 2.26. The van der Waals surface area contributed by atoms with Gasteiger partial charge in [-0.2, -0.15) is 0 Å². The highest BCUT2D eigenvalue weighted by atomic mass is 35.5. The molecule has 1 N–H and O–H groups in total. The summed E-state index contributed by atoms with van der Waals surface area (Å²) in [4.78, 5) is 12.7. The number of nitrogens with zero attached hydrogens (tertiary/aromatic N) is 1. The normalized spacial score (nSPS) is 12.5. The van der Waals surface area contributed by atoms with Crippen LogP contribution >= 0.6 is 11.6 Å². The molecular formula is C21H27ClN2O3S. The molecule has 1 atom stereocenters. The van der Waals surface area contributed by atoms with E-state index in [1.165, 1.54) is 5.56 Å². The maximum absolute atomic E-state index is 12.7. The highest BCUT2D eigenvalue weighted by Gasteiger charge is 2.24. The van der Waals surface area contributed by atoms with Crippen LogP contribution in [-0.4, -0.2) is 27.1 Å². The average Bonchev–Trinajstić information content (AvgIpc) is 2.62. The number of carbonyl (C=O) groups is 1. The van der Waals surface area contributed by atoms with Gasteiger partial charge in [0, 0.05) is 5.02 Å². The minimum Gasteiger partial charge on any atom is -0.348 e. The van der Waals surface area contributed by atoms with E-state index in [-0.39, 0.29) is 18.5 Å². The fourth-order valence-electron chi connectivity index (χ4n) is 3.02. The smallest absolute Gasteiger partial charge is 0.241 e. The Morgan fingerprint density at radius 3 is 2.39 bits per heavy atom. The molecule has 0 aliphatic carbocycles. The third kappa shape index (κ3) is 5.26. The van der Waals surface area contributed by atoms with Crippen LogP contribution in [0.4, 0.5) is 5.69 Å². The highest BCUT2D eigenvalue weighted by molar-refractivity contribution is 7.92. The quantitative estimate of drug-likeness (QED) is 0.723. The molecule has 0 radical (unpaired) electrons. The van der Waals surface area contributed by atoms with Crippen LogP contribution in [0, 0.1) is 20.8 Å². The van der Waals surface area contributed by atoms with Gasteiger partial charge in [-0.25, -0.2) is 8.42 Å². The van der Waals surface area contributed by atoms with E-state index in [1.807, 2.05) is 32.9 Å². The zero-order chi connectivity index (χ0) is 21.1. The van der Waals surface area contributed by atoms with Crippen molar-refractivity contribution in [1.29, 1.82) is 0 Å². The van der Waals surface area contributed by atoms with E-state index in [2.05, 4.69) is 11.4 Å². The van der Waals surface area contributed by atoms with Crippen molar-refractivity contribution < 1.29 is 13.2 Å². The number of aryl methyl sites for hydroxylation is 2. The third-order valence-corrected chi connectivity index (χ3v) is 6.41. The van der Waals surface area contributed by atoms with Gasteiger partial charge in [0.25, 0.3) is 0 Å². The Hall–Kier alpha value is -2.05. The van der Waals surface area contributed by atoms with Gasteiger partial charge < -0.3 is 5.32 Å². The molecule has 2 rings (SSSR count). The first-order valence-electron chi connectivity index (χ1n) is 9.14. The number of halogens is 1. The van der Waals surface area contributed by atoms with Crippen LogP contribution in [0.15, 0.2) is 36.4 Å². The van der Waals surface area contributed by atoms with Crippen molar-refractivity contribution in [1.82, 2.24) is 5.32 Å². The first-order valence-corrected chi connectivity index (χ1v) is 11.4. The maximum atomic E-state index is 12.7. The van der Waals surface area contributed by atoms with Crippen LogP contribution < -0.4 is 9.62 Å². The van der Waals surface area contributed by atoms with Crippen molar-refractivity contribution >= 4 is 33.2 Å². The fraction of sp³-hybridized carbons (Fsp3) is 0.381. The number of carbonyl (C=O) groups excluding carboxylic acids is 1. The zero-order valence-corrected chi connectivity index (χ0v) is 18.5. The molecule has 28 heavy (non-hydrogen) atoms. The van der Waals surface area contributed by atoms with E-state index in [9.17, 15) is 13.2 Å². The molecule has 0 saturated carbocycles. The summed E-state index contributed by atoms with van der Waals surface area (Å²) in [5.74, 6) is -0.366. The summed E-state index contributed by atoms with van der Waals surface area (Å²) in [5.41, 5.74) is 4.36. The average molecular weight is 423 g/mol. The molecule has 5 nitrogen and oxygen atoms in total. The van der Waals surface area contributed by atoms with Crippen LogP contribution in [0.1, 0.15) is 41.6 Å². The standard InChI is InChI=1S/C21H27ClN2O3S/c1-6-19(17-11-10-14(2)15(3)12-17)23-21(25)13-24(28(5,26)27)20-9-7-8-18(22)16(20)4/h7-12,19H,6,13H2,1-5H3,(H,23,25)/t19-/m0/s1. The molecule has 0 aliphatic heterocycles. The van der Waals surface area contributed by atoms with E-state index in [4.69, 9.17) is 11.6 Å². The summed E-state index contributed by atoms with van der Waals surface area (Å²) >= 11 is 6.14. The molecule has 2 aromatic carbocycles. The van der Waals surface area contributed by atoms with Crippen LogP contribution in [0.25, 0.3) is 0 Å². The first-order chi connectivity index (χ1) is 13.0. The molecular weight excluding hydrogens is 396 g/mol. The topological polar surface area (TPSA) is 66.5 Å². The Bertz CT molecular complexity index is 974. The maximum Gasteiger partial charge on any atom is 0.241 e. The van der Waals surface area contributed by atoms with Gasteiger partial charge in [-0.1, -0.05) is 42.8 Å². The van der Waals surface area contributed by atoms with Gasteiger partial charge in [0.05, 0.1) is 18.0 Å². The highest BCUT2D eigenvalue weighted by Crippen LogP contribution is 2.28. The van der Waals surface area contributed by atoms with Gasteiger partial charge in [-0.3, -0.25) is 9.10 Å². The number of rotatable bonds is 7. The summed E-state index contributed by atoms with van der Waals surface area (Å²) in [6, 6.07) is 10.9. The Kier molecular flexibility index (Phi) is 7.12. The van der Waals surface area contributed by atoms with Gasteiger partial charge in [-0.15, -0.1) is 0 Å². The van der Waals surface area contributed by atoms with Gasteiger partial charge in [0.1, 0.15) is 6.54 Å². The van der Waals surface area contributed by atoms with Crippen molar-refractivity contribution in [2.45, 2.75) is 40.2 Å². The molecule has 0 spiro atoms. The SMILES string of the molecule is CC[C@H](NC(=O)CN(c1cccc(Cl)c1C)S(C)(=O)=O)c1ccc(C)c(C)c1. The van der Waals surface area contributed by atoms with Crippen molar-refractivity contribution in [3.63, 3.8) is 0 Å². The fourth-order valence-corrected chi connectivity index (χ4v) is 4.10. The predicted octanol–water partition coefficient (Wildman–Crippen LogP) is 4.30. The van der Waals surface area contributed by atoms with Crippen LogP contribution in [0.2, 0.25) is 5.02 Å². The lowest BCUT2D eigenvalue weighted by Gasteiger charge is -2.26. The zero-order valence-electron chi connectivity index (χ0n) is 16.9. The number of sulfonamides is 1. The van der Waals surface area contributed by atoms with Crippen LogP contribution in [-0.2, 0) is 14.8 Å². The van der Waals surface area contributed by atoms with Gasteiger partial charge >= 0.3 is 0 Å². The largest absolute Gasteiger partial charge is 0.348 e. The number of nitrogens with one attached hydrogen (secondary N) is 1. The number of amides is 1. The lowest BCUT2D eigenvalue weighted by atomic mass is 9.99. The summed E-state index contributed by atoms with van der Waals surface area (Å²) in [6.45, 7) is 7.48. The van der Waals surface area contributed by atoms with Crippen molar-refractivity contribution in [3.05, 3.63) is 63.7 Å². The van der Waals surface area contributed by atoms with Gasteiger partial charge in [0.15, 0.2) is 0 Å². The molecule has 0 aromatic heterocycles. The molecule has 152 valence electrons. The van der Waals surface area contributed by atoms with Gasteiger partial charge in [-0.05, 0) is 61.6 Å². The summed E-state index contributed by atoms with van der Waals surface area (Å²) in [5, 5.41) is 3.41. The monoisotopic (exact) mass is 422 g/mol. The van der Waals surface area contributed by atoms with E-state index in [1.54, 1.807) is 25.1 Å². The molecule has 1 amide bonds. The Morgan fingerprint density at radius 1 is 1.14 bits per heavy atom. The van der Waals surface area contributed by atoms with Gasteiger partial charge in [0.2, 0.25) is 15.9 Å². The lowest BCUT2D eigenvalue weighted by Crippen LogP contribution is -2.41. The number of hydrogen-bond acceptors (Lipinski definition) is 3. The molecule has 0 bridgehead atoms. The molecule has 0 fully saturated rings. The second kappa shape index (κ2) is 8.97. The first kappa shape index (κ1) is 22.2. The summed E-state index contributed by atoms with van der Waals surface area (Å²) < 4.78 is 25.8. The van der Waals surface area contributed by atoms with E-state index >= 15 is 0 Å². The van der Waals surface area contributed by atoms with E-state index in [0.717, 1.165) is 21.7 Å². The van der Waals surface area contributed by atoms with Crippen molar-refractivity contribution in [2.75, 3.05) is 17.1 Å². The van der Waals surface area contributed by atoms with Crippen LogP contribution in [0.5, 0.6) is 0 Å². The number of anilines is 1. The molecule has 0 aliphatic rings. The third-order valence-electron chi connectivity index (χ3n) is 4.87. The van der Waals surface area contributed by atoms with Crippen LogP contribution in [0.3, 0.4) is 0 Å².